The van der Waals surface area contributed by atoms with Crippen molar-refractivity contribution in [2.75, 3.05) is 13.4 Å². The summed E-state index contributed by atoms with van der Waals surface area (Å²) in [5, 5.41) is 0. The lowest BCUT2D eigenvalue weighted by atomic mass is 10.0. The molecule has 0 aliphatic carbocycles. The molecule has 5 heteroatoms. The van der Waals surface area contributed by atoms with Gasteiger partial charge >= 0.3 is 0 Å². The van der Waals surface area contributed by atoms with Crippen LogP contribution in [0.4, 0.5) is 0 Å². The highest BCUT2D eigenvalue weighted by molar-refractivity contribution is 7.91. The summed E-state index contributed by atoms with van der Waals surface area (Å²) in [6.45, 7) is 4.02. The van der Waals surface area contributed by atoms with Crippen molar-refractivity contribution in [3.63, 3.8) is 0 Å². The molecule has 96 valence electrons. The Balaban J connectivity index is 2.95. The van der Waals surface area contributed by atoms with Crippen LogP contribution in [0.3, 0.4) is 0 Å². The number of benzene rings is 1. The summed E-state index contributed by atoms with van der Waals surface area (Å²) in [5.74, 6) is 0. The van der Waals surface area contributed by atoms with Gasteiger partial charge in [0.05, 0.1) is 11.9 Å². The predicted octanol–water partition coefficient (Wildman–Crippen LogP) is 1.62. The molecule has 0 fully saturated rings. The van der Waals surface area contributed by atoms with E-state index in [2.05, 4.69) is 5.48 Å². The Morgan fingerprint density at radius 2 is 1.76 bits per heavy atom. The Labute approximate surface area is 103 Å². The maximum absolute atomic E-state index is 11.7. The largest absolute Gasteiger partial charge is 0.305 e. The fraction of sp³-hybridized carbons (Fsp3) is 0.500. The van der Waals surface area contributed by atoms with Crippen LogP contribution in [-0.4, -0.2) is 21.8 Å². The van der Waals surface area contributed by atoms with E-state index in [9.17, 15) is 8.42 Å². The first-order valence-electron chi connectivity index (χ1n) is 5.34. The van der Waals surface area contributed by atoms with Crippen LogP contribution in [0, 0.1) is 0 Å². The van der Waals surface area contributed by atoms with Gasteiger partial charge in [-0.3, -0.25) is 0 Å². The molecule has 0 saturated carbocycles. The maximum Gasteiger partial charge on any atom is 0.156 e. The van der Waals surface area contributed by atoms with Gasteiger partial charge in [-0.15, -0.1) is 0 Å². The van der Waals surface area contributed by atoms with Crippen molar-refractivity contribution in [3.05, 3.63) is 35.4 Å². The minimum atomic E-state index is -3.13. The molecule has 0 heterocycles. The van der Waals surface area contributed by atoms with Gasteiger partial charge in [-0.25, -0.2) is 8.42 Å². The summed E-state index contributed by atoms with van der Waals surface area (Å²) in [6, 6.07) is 7.48. The van der Waals surface area contributed by atoms with E-state index >= 15 is 0 Å². The molecule has 1 aromatic rings. The molecule has 0 unspecified atom stereocenters. The first-order chi connectivity index (χ1) is 7.79. The fourth-order valence-electron chi connectivity index (χ4n) is 1.39. The van der Waals surface area contributed by atoms with E-state index < -0.39 is 14.6 Å². The molecule has 0 aromatic heterocycles. The Bertz CT molecular complexity index is 463. The van der Waals surface area contributed by atoms with Gasteiger partial charge in [0.2, 0.25) is 0 Å². The SMILES string of the molecule is CONCc1ccc(C(C)(C)S(C)(=O)=O)cc1. The topological polar surface area (TPSA) is 55.4 Å². The molecular weight excluding hydrogens is 238 g/mol. The zero-order valence-corrected chi connectivity index (χ0v) is 11.5. The zero-order chi connectivity index (χ0) is 13.1. The number of nitrogens with one attached hydrogen (secondary N) is 1. The molecule has 0 aliphatic rings. The third-order valence-electron chi connectivity index (χ3n) is 3.00. The fourth-order valence-corrected chi connectivity index (χ4v) is 1.96. The van der Waals surface area contributed by atoms with E-state index in [0.717, 1.165) is 11.1 Å². The first kappa shape index (κ1) is 14.2. The Kier molecular flexibility index (Phi) is 4.30. The molecule has 0 spiro atoms. The predicted molar refractivity (Wildman–Crippen MR) is 68.2 cm³/mol. The quantitative estimate of drug-likeness (QED) is 0.814. The average Bonchev–Trinajstić information content (AvgIpc) is 2.25. The van der Waals surface area contributed by atoms with Crippen molar-refractivity contribution in [2.45, 2.75) is 25.1 Å². The molecule has 0 amide bonds. The van der Waals surface area contributed by atoms with Gasteiger partial charge in [0.1, 0.15) is 0 Å². The number of hydrogen-bond acceptors (Lipinski definition) is 4. The van der Waals surface area contributed by atoms with Crippen molar-refractivity contribution in [3.8, 4) is 0 Å². The average molecular weight is 257 g/mol. The summed E-state index contributed by atoms with van der Waals surface area (Å²) in [6.07, 6.45) is 1.26. The number of hydroxylamine groups is 1. The Hall–Kier alpha value is -0.910. The third-order valence-corrected chi connectivity index (χ3v) is 5.09. The van der Waals surface area contributed by atoms with Crippen molar-refractivity contribution in [2.24, 2.45) is 0 Å². The summed E-state index contributed by atoms with van der Waals surface area (Å²) < 4.78 is 22.5. The minimum Gasteiger partial charge on any atom is -0.305 e. The second-order valence-electron chi connectivity index (χ2n) is 4.50. The lowest BCUT2D eigenvalue weighted by molar-refractivity contribution is 0.0867. The second kappa shape index (κ2) is 5.16. The molecule has 0 bridgehead atoms. The summed E-state index contributed by atoms with van der Waals surface area (Å²) >= 11 is 0. The van der Waals surface area contributed by atoms with Gasteiger partial charge in [-0.2, -0.15) is 5.48 Å². The Morgan fingerprint density at radius 3 is 2.18 bits per heavy atom. The molecule has 1 aromatic carbocycles. The lowest BCUT2D eigenvalue weighted by Gasteiger charge is -2.23. The smallest absolute Gasteiger partial charge is 0.156 e. The summed E-state index contributed by atoms with van der Waals surface area (Å²) in [5.41, 5.74) is 4.57. The van der Waals surface area contributed by atoms with Gasteiger partial charge in [0, 0.05) is 12.8 Å². The van der Waals surface area contributed by atoms with Gasteiger partial charge in [0.15, 0.2) is 9.84 Å². The lowest BCUT2D eigenvalue weighted by Crippen LogP contribution is -2.28. The summed E-state index contributed by atoms with van der Waals surface area (Å²) in [7, 11) is -1.57. The van der Waals surface area contributed by atoms with Crippen LogP contribution in [0.1, 0.15) is 25.0 Å². The van der Waals surface area contributed by atoms with Crippen LogP contribution in [0.25, 0.3) is 0 Å². The highest BCUT2D eigenvalue weighted by atomic mass is 32.2. The van der Waals surface area contributed by atoms with Gasteiger partial charge in [-0.1, -0.05) is 24.3 Å². The van der Waals surface area contributed by atoms with Gasteiger partial charge < -0.3 is 4.84 Å². The molecule has 0 saturated heterocycles. The number of sulfone groups is 1. The highest BCUT2D eigenvalue weighted by Crippen LogP contribution is 2.28. The van der Waals surface area contributed by atoms with Gasteiger partial charge in [-0.05, 0) is 25.0 Å². The van der Waals surface area contributed by atoms with Crippen LogP contribution in [0.2, 0.25) is 0 Å². The third kappa shape index (κ3) is 3.28. The van der Waals surface area contributed by atoms with E-state index in [4.69, 9.17) is 4.84 Å². The molecule has 4 nitrogen and oxygen atoms in total. The second-order valence-corrected chi connectivity index (χ2v) is 7.07. The zero-order valence-electron chi connectivity index (χ0n) is 10.6. The maximum atomic E-state index is 11.7. The van der Waals surface area contributed by atoms with Crippen molar-refractivity contribution < 1.29 is 13.3 Å². The van der Waals surface area contributed by atoms with Crippen LogP contribution < -0.4 is 5.48 Å². The molecule has 1 rings (SSSR count). The molecule has 0 aliphatic heterocycles. The van der Waals surface area contributed by atoms with Crippen molar-refractivity contribution in [1.82, 2.24) is 5.48 Å². The van der Waals surface area contributed by atoms with Crippen molar-refractivity contribution in [1.29, 1.82) is 0 Å². The normalized spacial score (nSPS) is 12.7. The monoisotopic (exact) mass is 257 g/mol. The molecule has 0 radical (unpaired) electrons. The van der Waals surface area contributed by atoms with Gasteiger partial charge in [0.25, 0.3) is 0 Å². The van der Waals surface area contributed by atoms with Crippen LogP contribution in [0.5, 0.6) is 0 Å². The summed E-state index contributed by atoms with van der Waals surface area (Å²) in [4.78, 5) is 4.75. The van der Waals surface area contributed by atoms with Crippen LogP contribution in [0.15, 0.2) is 24.3 Å². The van der Waals surface area contributed by atoms with Crippen LogP contribution >= 0.6 is 0 Å². The molecule has 1 N–H and O–H groups in total. The molecular formula is C12H19NO3S. The number of rotatable bonds is 5. The van der Waals surface area contributed by atoms with Crippen LogP contribution in [-0.2, 0) is 26.0 Å². The minimum absolute atomic E-state index is 0.593. The standard InChI is InChI=1S/C12H19NO3S/c1-12(2,17(4,14)15)11-7-5-10(6-8-11)9-13-16-3/h5-8,13H,9H2,1-4H3. The van der Waals surface area contributed by atoms with E-state index in [1.807, 2.05) is 24.3 Å². The van der Waals surface area contributed by atoms with E-state index in [1.165, 1.54) is 6.26 Å². The highest BCUT2D eigenvalue weighted by Gasteiger charge is 2.31. The first-order valence-corrected chi connectivity index (χ1v) is 7.23. The van der Waals surface area contributed by atoms with E-state index in [0.29, 0.717) is 6.54 Å². The molecule has 0 atom stereocenters. The van der Waals surface area contributed by atoms with Crippen molar-refractivity contribution >= 4 is 9.84 Å². The van der Waals surface area contributed by atoms with E-state index in [-0.39, 0.29) is 0 Å². The number of hydrogen-bond donors (Lipinski definition) is 1. The van der Waals surface area contributed by atoms with E-state index in [1.54, 1.807) is 21.0 Å². The molecule has 17 heavy (non-hydrogen) atoms. The Morgan fingerprint density at radius 1 is 1.24 bits per heavy atom.